The van der Waals surface area contributed by atoms with E-state index in [1.165, 1.54) is 6.20 Å². The zero-order chi connectivity index (χ0) is 14.2. The summed E-state index contributed by atoms with van der Waals surface area (Å²) in [7, 11) is -3.41. The lowest BCUT2D eigenvalue weighted by Crippen LogP contribution is -2.34. The van der Waals surface area contributed by atoms with Gasteiger partial charge in [-0.2, -0.15) is 4.31 Å². The number of pyridine rings is 1. The zero-order valence-corrected chi connectivity index (χ0v) is 12.3. The monoisotopic (exact) mass is 295 g/mol. The highest BCUT2D eigenvalue weighted by Crippen LogP contribution is 2.35. The number of aromatic nitrogens is 1. The number of hydrogen-bond acceptors (Lipinski definition) is 4. The molecule has 5 nitrogen and oxygen atoms in total. The topological polar surface area (TPSA) is 76.3 Å². The van der Waals surface area contributed by atoms with Crippen LogP contribution in [-0.4, -0.2) is 30.8 Å². The third-order valence-electron chi connectivity index (χ3n) is 3.96. The lowest BCUT2D eigenvalue weighted by atomic mass is 10.3. The molecule has 0 aromatic carbocycles. The minimum Gasteiger partial charge on any atom is -0.325 e. The van der Waals surface area contributed by atoms with Crippen LogP contribution in [0, 0.1) is 11.8 Å². The molecule has 0 saturated heterocycles. The van der Waals surface area contributed by atoms with E-state index in [1.54, 1.807) is 16.4 Å². The standard InChI is InChI=1S/C14H21N3O2S/c15-7-13-5-6-14(8-16-13)20(18,19)17(9-11-1-2-11)10-12-3-4-12/h5-6,8,11-12H,1-4,7,9-10,15H2. The largest absolute Gasteiger partial charge is 0.325 e. The normalized spacial score (nSPS) is 19.5. The van der Waals surface area contributed by atoms with Crippen molar-refractivity contribution in [2.75, 3.05) is 13.1 Å². The van der Waals surface area contributed by atoms with Gasteiger partial charge in [-0.15, -0.1) is 0 Å². The molecule has 2 aliphatic carbocycles. The average Bonchev–Trinajstić information content (AvgIpc) is 3.33. The van der Waals surface area contributed by atoms with E-state index < -0.39 is 10.0 Å². The van der Waals surface area contributed by atoms with Crippen LogP contribution in [0.4, 0.5) is 0 Å². The van der Waals surface area contributed by atoms with Crippen molar-refractivity contribution in [2.24, 2.45) is 17.6 Å². The predicted octanol–water partition coefficient (Wildman–Crippen LogP) is 1.35. The molecule has 110 valence electrons. The molecule has 0 atom stereocenters. The maximum atomic E-state index is 12.7. The molecule has 0 aliphatic heterocycles. The second-order valence-electron chi connectivity index (χ2n) is 5.90. The Morgan fingerprint density at radius 3 is 2.15 bits per heavy atom. The van der Waals surface area contributed by atoms with E-state index in [1.807, 2.05) is 0 Å². The van der Waals surface area contributed by atoms with Crippen molar-refractivity contribution in [1.82, 2.24) is 9.29 Å². The van der Waals surface area contributed by atoms with E-state index in [-0.39, 0.29) is 4.90 Å². The fourth-order valence-corrected chi connectivity index (χ4v) is 3.82. The molecule has 0 unspecified atom stereocenters. The molecule has 3 rings (SSSR count). The third kappa shape index (κ3) is 3.19. The molecule has 6 heteroatoms. The van der Waals surface area contributed by atoms with Crippen molar-refractivity contribution in [1.29, 1.82) is 0 Å². The van der Waals surface area contributed by atoms with Crippen molar-refractivity contribution >= 4 is 10.0 Å². The summed E-state index contributed by atoms with van der Waals surface area (Å²) in [5.74, 6) is 1.11. The van der Waals surface area contributed by atoms with Crippen LogP contribution in [0.5, 0.6) is 0 Å². The molecule has 2 aliphatic rings. The van der Waals surface area contributed by atoms with Gasteiger partial charge < -0.3 is 5.73 Å². The highest BCUT2D eigenvalue weighted by atomic mass is 32.2. The van der Waals surface area contributed by atoms with Gasteiger partial charge in [-0.3, -0.25) is 4.98 Å². The number of hydrogen-bond donors (Lipinski definition) is 1. The first-order valence-corrected chi connectivity index (χ1v) is 8.69. The lowest BCUT2D eigenvalue weighted by Gasteiger charge is -2.22. The van der Waals surface area contributed by atoms with Gasteiger partial charge >= 0.3 is 0 Å². The van der Waals surface area contributed by atoms with Gasteiger partial charge in [-0.1, -0.05) is 0 Å². The van der Waals surface area contributed by atoms with Gasteiger partial charge in [0, 0.05) is 25.8 Å². The minimum absolute atomic E-state index is 0.288. The first-order valence-electron chi connectivity index (χ1n) is 7.24. The summed E-state index contributed by atoms with van der Waals surface area (Å²) in [6.07, 6.45) is 6.05. The van der Waals surface area contributed by atoms with E-state index in [0.29, 0.717) is 37.2 Å². The molecule has 0 spiro atoms. The third-order valence-corrected chi connectivity index (χ3v) is 5.78. The van der Waals surface area contributed by atoms with E-state index in [2.05, 4.69) is 4.98 Å². The summed E-state index contributed by atoms with van der Waals surface area (Å²) >= 11 is 0. The molecular weight excluding hydrogens is 274 g/mol. The van der Waals surface area contributed by atoms with Crippen LogP contribution in [0.15, 0.2) is 23.2 Å². The Balaban J connectivity index is 1.81. The van der Waals surface area contributed by atoms with Crippen molar-refractivity contribution < 1.29 is 8.42 Å². The molecule has 20 heavy (non-hydrogen) atoms. The minimum atomic E-state index is -3.41. The van der Waals surface area contributed by atoms with Crippen LogP contribution < -0.4 is 5.73 Å². The van der Waals surface area contributed by atoms with Crippen LogP contribution in [0.25, 0.3) is 0 Å². The Morgan fingerprint density at radius 2 is 1.75 bits per heavy atom. The van der Waals surface area contributed by atoms with Gasteiger partial charge in [-0.05, 0) is 49.7 Å². The van der Waals surface area contributed by atoms with E-state index in [9.17, 15) is 8.42 Å². The second kappa shape index (κ2) is 5.42. The van der Waals surface area contributed by atoms with Gasteiger partial charge in [0.1, 0.15) is 4.90 Å². The van der Waals surface area contributed by atoms with Crippen molar-refractivity contribution in [3.8, 4) is 0 Å². The van der Waals surface area contributed by atoms with Crippen LogP contribution in [0.2, 0.25) is 0 Å². The summed E-state index contributed by atoms with van der Waals surface area (Å²) in [4.78, 5) is 4.39. The van der Waals surface area contributed by atoms with Gasteiger partial charge in [0.2, 0.25) is 10.0 Å². The Hall–Kier alpha value is -0.980. The smallest absolute Gasteiger partial charge is 0.244 e. The molecule has 2 fully saturated rings. The molecule has 2 saturated carbocycles. The van der Waals surface area contributed by atoms with E-state index >= 15 is 0 Å². The number of rotatable bonds is 7. The summed E-state index contributed by atoms with van der Waals surface area (Å²) in [5, 5.41) is 0. The first-order chi connectivity index (χ1) is 9.59. The quantitative estimate of drug-likeness (QED) is 0.824. The molecule has 1 aromatic rings. The summed E-state index contributed by atoms with van der Waals surface area (Å²) in [5.41, 5.74) is 6.20. The SMILES string of the molecule is NCc1ccc(S(=O)(=O)N(CC2CC2)CC2CC2)cn1. The Morgan fingerprint density at radius 1 is 1.15 bits per heavy atom. The van der Waals surface area contributed by atoms with E-state index in [4.69, 9.17) is 5.73 Å². The van der Waals surface area contributed by atoms with Crippen LogP contribution in [0.3, 0.4) is 0 Å². The molecule has 1 aromatic heterocycles. The summed E-state index contributed by atoms with van der Waals surface area (Å²) < 4.78 is 27.1. The van der Waals surface area contributed by atoms with Gasteiger partial charge in [0.15, 0.2) is 0 Å². The summed E-state index contributed by atoms with van der Waals surface area (Å²) in [6.45, 7) is 1.66. The second-order valence-corrected chi connectivity index (χ2v) is 7.84. The van der Waals surface area contributed by atoms with Crippen LogP contribution >= 0.6 is 0 Å². The molecule has 0 amide bonds. The Labute approximate surface area is 120 Å². The fourth-order valence-electron chi connectivity index (χ4n) is 2.28. The first kappa shape index (κ1) is 14.0. The molecular formula is C14H21N3O2S. The number of nitrogens with zero attached hydrogens (tertiary/aromatic N) is 2. The average molecular weight is 295 g/mol. The van der Waals surface area contributed by atoms with Crippen molar-refractivity contribution in [3.05, 3.63) is 24.0 Å². The summed E-state index contributed by atoms with van der Waals surface area (Å²) in [6, 6.07) is 3.32. The highest BCUT2D eigenvalue weighted by Gasteiger charge is 2.35. The van der Waals surface area contributed by atoms with Crippen molar-refractivity contribution in [3.63, 3.8) is 0 Å². The molecule has 0 bridgehead atoms. The lowest BCUT2D eigenvalue weighted by molar-refractivity contribution is 0.382. The maximum absolute atomic E-state index is 12.7. The Kier molecular flexibility index (Phi) is 3.79. The van der Waals surface area contributed by atoms with Gasteiger partial charge in [-0.25, -0.2) is 8.42 Å². The molecule has 0 radical (unpaired) electrons. The van der Waals surface area contributed by atoms with Crippen LogP contribution in [-0.2, 0) is 16.6 Å². The highest BCUT2D eigenvalue weighted by molar-refractivity contribution is 7.89. The predicted molar refractivity (Wildman–Crippen MR) is 76.3 cm³/mol. The molecule has 2 N–H and O–H groups in total. The van der Waals surface area contributed by atoms with Gasteiger partial charge in [0.05, 0.1) is 5.69 Å². The van der Waals surface area contributed by atoms with Gasteiger partial charge in [0.25, 0.3) is 0 Å². The zero-order valence-electron chi connectivity index (χ0n) is 11.5. The number of sulfonamides is 1. The van der Waals surface area contributed by atoms with Crippen LogP contribution in [0.1, 0.15) is 31.4 Å². The molecule has 1 heterocycles. The Bertz CT molecular complexity index is 549. The number of nitrogens with two attached hydrogens (primary N) is 1. The maximum Gasteiger partial charge on any atom is 0.244 e. The van der Waals surface area contributed by atoms with Crippen molar-refractivity contribution in [2.45, 2.75) is 37.1 Å². The fraction of sp³-hybridized carbons (Fsp3) is 0.643. The van der Waals surface area contributed by atoms with E-state index in [0.717, 1.165) is 25.7 Å².